The van der Waals surface area contributed by atoms with Crippen molar-refractivity contribution in [3.8, 4) is 0 Å². The van der Waals surface area contributed by atoms with Gasteiger partial charge in [-0.25, -0.2) is 0 Å². The second-order valence-corrected chi connectivity index (χ2v) is 29.1. The number of halogens is 2. The molecular weight excluding hydrogens is 961 g/mol. The molecule has 12 rings (SSSR count). The van der Waals surface area contributed by atoms with Crippen molar-refractivity contribution in [3.05, 3.63) is 203 Å². The number of fused-ring (bicyclic) bond motifs is 22. The van der Waals surface area contributed by atoms with E-state index in [0.29, 0.717) is 0 Å². The molecule has 0 bridgehead atoms. The average Bonchev–Trinajstić information content (AvgIpc) is 3.33. The van der Waals surface area contributed by atoms with Crippen LogP contribution < -0.4 is 10.4 Å². The Balaban J connectivity index is 0.000000165. The van der Waals surface area contributed by atoms with Gasteiger partial charge < -0.3 is 0 Å². The molecule has 0 amide bonds. The van der Waals surface area contributed by atoms with Gasteiger partial charge in [-0.05, 0) is 132 Å². The second-order valence-electron chi connectivity index (χ2n) is 18.4. The minimum absolute atomic E-state index is 0. The molecule has 0 radical (unpaired) electrons. The lowest BCUT2D eigenvalue weighted by Gasteiger charge is -2.22. The van der Waals surface area contributed by atoms with Gasteiger partial charge in [-0.15, -0.1) is 13.2 Å². The van der Waals surface area contributed by atoms with Crippen molar-refractivity contribution in [2.75, 3.05) is 0 Å². The Morgan fingerprint density at radius 3 is 0.803 bits per heavy atom. The zero-order chi connectivity index (χ0) is 44.1. The third kappa shape index (κ3) is 7.04. The van der Waals surface area contributed by atoms with Gasteiger partial charge in [0.25, 0.3) is 0 Å². The molecule has 0 aliphatic heterocycles. The highest BCUT2D eigenvalue weighted by atomic mass is 79.9. The fourth-order valence-electron chi connectivity index (χ4n) is 10.3. The highest BCUT2D eigenvalue weighted by Gasteiger charge is 2.24. The highest BCUT2D eigenvalue weighted by molar-refractivity contribution is 9.10. The van der Waals surface area contributed by atoms with Crippen LogP contribution in [0.2, 0.25) is 26.2 Å². The van der Waals surface area contributed by atoms with Crippen LogP contribution in [-0.4, -0.2) is 16.1 Å². The van der Waals surface area contributed by atoms with Crippen molar-refractivity contribution in [1.29, 1.82) is 0 Å². The van der Waals surface area contributed by atoms with Gasteiger partial charge in [0.2, 0.25) is 0 Å². The molecule has 0 aromatic heterocycles. The van der Waals surface area contributed by atoms with Crippen molar-refractivity contribution in [2.45, 2.75) is 41.0 Å². The largest absolute Gasteiger partial charge is 0.107 e. The molecule has 0 spiro atoms. The van der Waals surface area contributed by atoms with Crippen LogP contribution >= 0.6 is 31.9 Å². The first-order valence-corrected chi connectivity index (χ1v) is 29.8. The minimum Gasteiger partial charge on any atom is -0.107 e. The van der Waals surface area contributed by atoms with Gasteiger partial charge in [-0.1, -0.05) is 240 Å². The predicted octanol–water partition coefficient (Wildman–Crippen LogP) is 19.0. The van der Waals surface area contributed by atoms with Gasteiger partial charge in [0.1, 0.15) is 16.1 Å². The van der Waals surface area contributed by atoms with E-state index >= 15 is 0 Å². The zero-order valence-electron chi connectivity index (χ0n) is 36.5. The van der Waals surface area contributed by atoms with Gasteiger partial charge >= 0.3 is 0 Å². The van der Waals surface area contributed by atoms with Crippen molar-refractivity contribution in [2.24, 2.45) is 0 Å². The number of hydrogen-bond acceptors (Lipinski definition) is 0. The van der Waals surface area contributed by atoms with E-state index in [9.17, 15) is 0 Å². The Bertz CT molecular complexity index is 3710. The van der Waals surface area contributed by atoms with Crippen LogP contribution in [0.5, 0.6) is 0 Å². The van der Waals surface area contributed by atoms with Crippen LogP contribution in [0, 0.1) is 0 Å². The summed E-state index contributed by atoms with van der Waals surface area (Å²) in [6.07, 6.45) is 0. The third-order valence-electron chi connectivity index (χ3n) is 14.0. The summed E-state index contributed by atoms with van der Waals surface area (Å²) in [5.41, 5.74) is 4.39. The van der Waals surface area contributed by atoms with Crippen LogP contribution in [0.25, 0.3) is 108 Å². The molecule has 4 heteroatoms. The fourth-order valence-corrected chi connectivity index (χ4v) is 13.6. The molecule has 12 aromatic carbocycles. The average molecular weight is 1020 g/mol. The Morgan fingerprint density at radius 1 is 0.303 bits per heavy atom. The smallest absolute Gasteiger partial charge is 0.103 e. The second kappa shape index (κ2) is 17.1. The SMILES string of the molecule is Brc1ccc2c3ccccc3c3c4cc(Br)ccc4c4ccccc4c3c2c1.C.C.C=C[Si](C)(C)c1ccc2c3ccccc3c3c4cc([Si](C)(C)C=C)ccc4c4ccccc4c3c2c1. The Hall–Kier alpha value is -5.89. The molecule has 0 saturated heterocycles. The molecule has 0 aliphatic carbocycles. The molecule has 0 aliphatic rings. The summed E-state index contributed by atoms with van der Waals surface area (Å²) in [5, 5.41) is 29.3. The van der Waals surface area contributed by atoms with E-state index in [4.69, 9.17) is 0 Å². The van der Waals surface area contributed by atoms with Crippen LogP contribution in [0.1, 0.15) is 14.9 Å². The van der Waals surface area contributed by atoms with Crippen molar-refractivity contribution in [1.82, 2.24) is 0 Å². The maximum atomic E-state index is 4.19. The Kier molecular flexibility index (Phi) is 11.7. The maximum absolute atomic E-state index is 4.19. The first-order chi connectivity index (χ1) is 31.0. The lowest BCUT2D eigenvalue weighted by Crippen LogP contribution is -2.39. The molecular formula is C62H54Br2Si2. The quantitative estimate of drug-likeness (QED) is 0.122. The van der Waals surface area contributed by atoms with E-state index in [2.05, 4.69) is 252 Å². The lowest BCUT2D eigenvalue weighted by atomic mass is 9.87. The third-order valence-corrected chi connectivity index (χ3v) is 20.7. The summed E-state index contributed by atoms with van der Waals surface area (Å²) >= 11 is 7.40. The maximum Gasteiger partial charge on any atom is 0.103 e. The first kappa shape index (κ1) is 45.3. The van der Waals surface area contributed by atoms with Crippen LogP contribution in [0.15, 0.2) is 203 Å². The summed E-state index contributed by atoms with van der Waals surface area (Å²) in [6.45, 7) is 17.9. The molecule has 0 fully saturated rings. The molecule has 324 valence electrons. The normalized spacial score (nSPS) is 12.0. The Labute approximate surface area is 407 Å². The van der Waals surface area contributed by atoms with Gasteiger partial charge in [0, 0.05) is 8.95 Å². The lowest BCUT2D eigenvalue weighted by molar-refractivity contribution is 1.73. The summed E-state index contributed by atoms with van der Waals surface area (Å²) in [5.74, 6) is 0. The van der Waals surface area contributed by atoms with Crippen LogP contribution in [0.3, 0.4) is 0 Å². The molecule has 0 atom stereocenters. The fraction of sp³-hybridized carbons (Fsp3) is 0.0968. The summed E-state index contributed by atoms with van der Waals surface area (Å²) < 4.78 is 2.21. The molecule has 66 heavy (non-hydrogen) atoms. The van der Waals surface area contributed by atoms with E-state index in [1.54, 1.807) is 0 Å². The molecule has 0 nitrogen and oxygen atoms in total. The van der Waals surface area contributed by atoms with E-state index < -0.39 is 16.1 Å². The van der Waals surface area contributed by atoms with E-state index in [1.807, 2.05) is 0 Å². The standard InChI is InChI=1S/C34H32Si2.C26H14Br2.2CH4/c1-7-35(3,4)23-17-19-27-25-13-9-12-16-30(25)34-32-22-24(36(5,6)8-2)18-20-28(32)26-14-10-11-15-29(26)33(34)31(27)21-23;27-15-9-11-19-17-5-1-3-7-21(17)25-24-14-16(28)10-12-20(24)18-6-2-4-8-22(18)26(25)23(19)13-15;;/h7-22H,1-2H2,3-6H3;1-14H;2*1H4. The topological polar surface area (TPSA) is 0 Å². The summed E-state index contributed by atoms with van der Waals surface area (Å²) in [4.78, 5) is 0. The van der Waals surface area contributed by atoms with E-state index in [1.165, 1.54) is 118 Å². The number of hydrogen-bond donors (Lipinski definition) is 0. The number of benzene rings is 12. The molecule has 0 heterocycles. The minimum atomic E-state index is -1.73. The van der Waals surface area contributed by atoms with Gasteiger partial charge in [0.05, 0.1) is 0 Å². The summed E-state index contributed by atoms with van der Waals surface area (Å²) in [6, 6.07) is 63.1. The van der Waals surface area contributed by atoms with E-state index in [-0.39, 0.29) is 14.9 Å². The van der Waals surface area contributed by atoms with Crippen LogP contribution in [-0.2, 0) is 0 Å². The predicted molar refractivity (Wildman–Crippen MR) is 311 cm³/mol. The van der Waals surface area contributed by atoms with Crippen molar-refractivity contribution >= 4 is 166 Å². The molecule has 0 saturated carbocycles. The number of rotatable bonds is 4. The van der Waals surface area contributed by atoms with Crippen molar-refractivity contribution in [3.63, 3.8) is 0 Å². The summed E-state index contributed by atoms with van der Waals surface area (Å²) in [7, 11) is -3.45. The Morgan fingerprint density at radius 2 is 0.530 bits per heavy atom. The first-order valence-electron chi connectivity index (χ1n) is 22.0. The molecule has 0 N–H and O–H groups in total. The zero-order valence-corrected chi connectivity index (χ0v) is 41.7. The molecule has 0 unspecified atom stereocenters. The van der Waals surface area contributed by atoms with Crippen LogP contribution in [0.4, 0.5) is 0 Å². The highest BCUT2D eigenvalue weighted by Crippen LogP contribution is 2.46. The van der Waals surface area contributed by atoms with Crippen molar-refractivity contribution < 1.29 is 0 Å². The monoisotopic (exact) mass is 1010 g/mol. The van der Waals surface area contributed by atoms with Gasteiger partial charge in [-0.2, -0.15) is 0 Å². The molecule has 12 aromatic rings. The van der Waals surface area contributed by atoms with Gasteiger partial charge in [-0.3, -0.25) is 0 Å². The van der Waals surface area contributed by atoms with Gasteiger partial charge in [0.15, 0.2) is 0 Å². The van der Waals surface area contributed by atoms with E-state index in [0.717, 1.165) is 8.95 Å².